The first-order chi connectivity index (χ1) is 23.6. The first kappa shape index (κ1) is 28.3. The zero-order chi connectivity index (χ0) is 32.1. The number of ether oxygens (including phenoxy) is 1. The predicted molar refractivity (Wildman–Crippen MR) is 186 cm³/mol. The van der Waals surface area contributed by atoms with Gasteiger partial charge in [0.05, 0.1) is 24.0 Å². The number of amides is 1. The summed E-state index contributed by atoms with van der Waals surface area (Å²) in [5.74, 6) is 6.03. The first-order valence-corrected chi connectivity index (χ1v) is 17.5. The number of carbonyl (C=O) groups excluding carboxylic acids is 1. The number of likely N-dealkylation sites (tertiary alicyclic amines) is 1. The summed E-state index contributed by atoms with van der Waals surface area (Å²) in [7, 11) is 3.48. The Morgan fingerprint density at radius 2 is 1.85 bits per heavy atom. The Morgan fingerprint density at radius 3 is 2.65 bits per heavy atom. The number of hydrogen-bond donors (Lipinski definition) is 0. The van der Waals surface area contributed by atoms with E-state index in [4.69, 9.17) is 19.7 Å². The zero-order valence-electron chi connectivity index (χ0n) is 27.5. The molecule has 1 aromatic carbocycles. The fourth-order valence-electron chi connectivity index (χ4n) is 9.21. The third-order valence-corrected chi connectivity index (χ3v) is 11.8. The summed E-state index contributed by atoms with van der Waals surface area (Å²) < 4.78 is 10.8. The topological polar surface area (TPSA) is 93.7 Å². The highest BCUT2D eigenvalue weighted by molar-refractivity contribution is 6.00. The van der Waals surface area contributed by atoms with Crippen molar-refractivity contribution in [1.29, 1.82) is 0 Å². The SMILES string of the molecule is CN=Cc1cccc(N2CC(Cn3c(-c4cc5cccnc5n4CC4CC4)nc4cc(C(=O)N5CC6CC7CC5[C@H]76)cc(OC)c43)C2)n1. The number of imidazole rings is 1. The predicted octanol–water partition coefficient (Wildman–Crippen LogP) is 5.53. The van der Waals surface area contributed by atoms with Gasteiger partial charge >= 0.3 is 0 Å². The maximum atomic E-state index is 14.0. The van der Waals surface area contributed by atoms with E-state index in [-0.39, 0.29) is 5.91 Å². The number of pyridine rings is 2. The van der Waals surface area contributed by atoms with Gasteiger partial charge in [0.2, 0.25) is 0 Å². The Kier molecular flexibility index (Phi) is 6.27. The standard InChI is InChI=1S/C38H40N8O2/c1-39-16-28-6-3-7-33(41-28)43-17-23(18-43)20-46-35-29(42-37(46)31-13-24-5-4-10-40-36(24)44(31)19-22-8-9-22)12-26(15-32(35)48-2)38(47)45-21-27-11-25-14-30(45)34(25)27/h3-7,10,12-13,15-16,22-23,25,27,30,34H,8-9,11,14,17-21H2,1-2H3/t25?,27?,30?,34-/m1/s1. The molecule has 3 saturated carbocycles. The molecule has 5 aliphatic rings. The Bertz CT molecular complexity index is 2120. The highest BCUT2D eigenvalue weighted by Crippen LogP contribution is 2.60. The Balaban J connectivity index is 1.05. The van der Waals surface area contributed by atoms with Gasteiger partial charge in [-0.1, -0.05) is 6.07 Å². The van der Waals surface area contributed by atoms with Gasteiger partial charge in [0.25, 0.3) is 5.91 Å². The molecule has 3 unspecified atom stereocenters. The van der Waals surface area contributed by atoms with Crippen molar-refractivity contribution in [3.8, 4) is 17.3 Å². The second kappa shape index (κ2) is 10.6. The van der Waals surface area contributed by atoms with Gasteiger partial charge in [-0.2, -0.15) is 0 Å². The number of fused-ring (bicyclic) bond motifs is 2. The zero-order valence-corrected chi connectivity index (χ0v) is 27.5. The molecular formula is C38H40N8O2. The van der Waals surface area contributed by atoms with Crippen molar-refractivity contribution in [3.63, 3.8) is 0 Å². The summed E-state index contributed by atoms with van der Waals surface area (Å²) in [5.41, 5.74) is 5.37. The van der Waals surface area contributed by atoms with Gasteiger partial charge in [-0.25, -0.2) is 15.0 Å². The molecule has 10 rings (SSSR count). The maximum absolute atomic E-state index is 14.0. The minimum absolute atomic E-state index is 0.119. The molecule has 10 heteroatoms. The van der Waals surface area contributed by atoms with Crippen LogP contribution in [0.1, 0.15) is 41.7 Å². The van der Waals surface area contributed by atoms with Crippen LogP contribution in [0.2, 0.25) is 0 Å². The number of aromatic nitrogens is 5. The van der Waals surface area contributed by atoms with E-state index in [1.165, 1.54) is 19.3 Å². The molecule has 2 saturated heterocycles. The van der Waals surface area contributed by atoms with Crippen LogP contribution < -0.4 is 9.64 Å². The normalized spacial score (nSPS) is 24.6. The lowest BCUT2D eigenvalue weighted by atomic mass is 9.53. The average molecular weight is 641 g/mol. The molecule has 3 aliphatic carbocycles. The number of carbonyl (C=O) groups is 1. The molecule has 0 N–H and O–H groups in total. The van der Waals surface area contributed by atoms with Crippen molar-refractivity contribution in [2.45, 2.75) is 44.8 Å². The van der Waals surface area contributed by atoms with Crippen LogP contribution in [-0.2, 0) is 13.1 Å². The second-order valence-electron chi connectivity index (χ2n) is 14.8. The number of nitrogens with zero attached hydrogens (tertiary/aromatic N) is 8. The molecule has 0 radical (unpaired) electrons. The van der Waals surface area contributed by atoms with Crippen molar-refractivity contribution < 1.29 is 9.53 Å². The van der Waals surface area contributed by atoms with Crippen LogP contribution in [0.15, 0.2) is 59.7 Å². The first-order valence-electron chi connectivity index (χ1n) is 17.5. The van der Waals surface area contributed by atoms with Crippen LogP contribution in [0, 0.1) is 29.6 Å². The average Bonchev–Trinajstić information content (AvgIpc) is 3.72. The molecule has 5 aromatic rings. The number of anilines is 1. The van der Waals surface area contributed by atoms with Gasteiger partial charge in [-0.15, -0.1) is 0 Å². The summed E-state index contributed by atoms with van der Waals surface area (Å²) in [6.07, 6.45) is 8.62. The number of benzene rings is 1. The minimum atomic E-state index is 0.119. The Morgan fingerprint density at radius 1 is 0.979 bits per heavy atom. The van der Waals surface area contributed by atoms with E-state index < -0.39 is 0 Å². The summed E-state index contributed by atoms with van der Waals surface area (Å²) in [5, 5.41) is 1.12. The molecule has 4 atom stereocenters. The van der Waals surface area contributed by atoms with E-state index in [0.29, 0.717) is 35.1 Å². The second-order valence-corrected chi connectivity index (χ2v) is 14.8. The number of rotatable bonds is 9. The van der Waals surface area contributed by atoms with Crippen LogP contribution >= 0.6 is 0 Å². The number of aliphatic imine (C=N–C) groups is 1. The van der Waals surface area contributed by atoms with Crippen molar-refractivity contribution >= 4 is 40.0 Å². The van der Waals surface area contributed by atoms with Crippen molar-refractivity contribution in [2.75, 3.05) is 38.7 Å². The fraction of sp³-hybridized carbons (Fsp3) is 0.447. The van der Waals surface area contributed by atoms with Gasteiger partial charge in [-0.3, -0.25) is 9.79 Å². The van der Waals surface area contributed by atoms with Crippen LogP contribution in [-0.4, -0.2) is 80.9 Å². The largest absolute Gasteiger partial charge is 0.494 e. The van der Waals surface area contributed by atoms with Gasteiger partial charge in [0.1, 0.15) is 22.7 Å². The van der Waals surface area contributed by atoms with Crippen molar-refractivity contribution in [2.24, 2.45) is 34.6 Å². The smallest absolute Gasteiger partial charge is 0.254 e. The van der Waals surface area contributed by atoms with Gasteiger partial charge in [-0.05, 0) is 91.8 Å². The molecule has 4 aromatic heterocycles. The lowest BCUT2D eigenvalue weighted by Gasteiger charge is -2.52. The van der Waals surface area contributed by atoms with Crippen LogP contribution in [0.5, 0.6) is 5.75 Å². The molecule has 5 fully saturated rings. The van der Waals surface area contributed by atoms with E-state index in [1.54, 1.807) is 20.4 Å². The molecule has 6 heterocycles. The Hall–Kier alpha value is -4.73. The van der Waals surface area contributed by atoms with E-state index in [9.17, 15) is 4.79 Å². The molecule has 0 spiro atoms. The molecule has 0 bridgehead atoms. The quantitative estimate of drug-likeness (QED) is 0.197. The molecule has 10 nitrogen and oxygen atoms in total. The van der Waals surface area contributed by atoms with Crippen LogP contribution in [0.25, 0.3) is 33.6 Å². The monoisotopic (exact) mass is 640 g/mol. The minimum Gasteiger partial charge on any atom is -0.494 e. The lowest BCUT2D eigenvalue weighted by molar-refractivity contribution is -0.0204. The van der Waals surface area contributed by atoms with Gasteiger partial charge in [0.15, 0.2) is 5.82 Å². The van der Waals surface area contributed by atoms with Crippen molar-refractivity contribution in [3.05, 3.63) is 66.0 Å². The van der Waals surface area contributed by atoms with E-state index in [2.05, 4.69) is 42.1 Å². The summed E-state index contributed by atoms with van der Waals surface area (Å²) in [4.78, 5) is 37.6. The highest BCUT2D eigenvalue weighted by Gasteiger charge is 2.61. The van der Waals surface area contributed by atoms with Gasteiger partial charge in [0, 0.05) is 75.1 Å². The third-order valence-electron chi connectivity index (χ3n) is 11.8. The van der Waals surface area contributed by atoms with E-state index in [1.807, 2.05) is 36.5 Å². The summed E-state index contributed by atoms with van der Waals surface area (Å²) >= 11 is 0. The molecule has 2 aliphatic heterocycles. The highest BCUT2D eigenvalue weighted by atomic mass is 16.5. The number of methoxy groups -OCH3 is 1. The Labute approximate surface area is 279 Å². The molecule has 1 amide bonds. The van der Waals surface area contributed by atoms with Gasteiger partial charge < -0.3 is 23.7 Å². The molecular weight excluding hydrogens is 600 g/mol. The van der Waals surface area contributed by atoms with E-state index in [0.717, 1.165) is 96.1 Å². The van der Waals surface area contributed by atoms with Crippen LogP contribution in [0.4, 0.5) is 5.82 Å². The summed E-state index contributed by atoms with van der Waals surface area (Å²) in [6.45, 7) is 4.38. The van der Waals surface area contributed by atoms with E-state index >= 15 is 0 Å². The van der Waals surface area contributed by atoms with Crippen LogP contribution in [0.3, 0.4) is 0 Å². The number of hydrogen-bond acceptors (Lipinski definition) is 7. The third kappa shape index (κ3) is 4.33. The molecule has 244 valence electrons. The fourth-order valence-corrected chi connectivity index (χ4v) is 9.21. The maximum Gasteiger partial charge on any atom is 0.254 e. The molecule has 48 heavy (non-hydrogen) atoms. The lowest BCUT2D eigenvalue weighted by Crippen LogP contribution is -2.53. The van der Waals surface area contributed by atoms with Crippen molar-refractivity contribution in [1.82, 2.24) is 29.0 Å². The summed E-state index contributed by atoms with van der Waals surface area (Å²) in [6, 6.07) is 16.9.